The summed E-state index contributed by atoms with van der Waals surface area (Å²) in [6.07, 6.45) is 2.63. The Morgan fingerprint density at radius 2 is 2.38 bits per heavy atom. The quantitative estimate of drug-likeness (QED) is 0.827. The lowest BCUT2D eigenvalue weighted by Gasteiger charge is -2.12. The fourth-order valence-electron chi connectivity index (χ4n) is 2.28. The van der Waals surface area contributed by atoms with Crippen LogP contribution in [0.3, 0.4) is 0 Å². The lowest BCUT2D eigenvalue weighted by molar-refractivity contribution is -0.141. The number of nitrogens with zero attached hydrogens (tertiary/aromatic N) is 1. The van der Waals surface area contributed by atoms with Crippen molar-refractivity contribution < 1.29 is 9.53 Å². The summed E-state index contributed by atoms with van der Waals surface area (Å²) in [5.74, 6) is 2.11. The van der Waals surface area contributed by atoms with Gasteiger partial charge in [0.1, 0.15) is 10.5 Å². The second-order valence-electron chi connectivity index (χ2n) is 5.39. The highest BCUT2D eigenvalue weighted by molar-refractivity contribution is 7.98. The highest BCUT2D eigenvalue weighted by Crippen LogP contribution is 2.51. The highest BCUT2D eigenvalue weighted by atomic mass is 32.2. The van der Waals surface area contributed by atoms with E-state index in [9.17, 15) is 9.59 Å². The molecule has 2 aromatic rings. The molecule has 1 aliphatic rings. The number of thioether (sulfide) groups is 1. The second-order valence-corrected chi connectivity index (χ2v) is 7.30. The zero-order valence-electron chi connectivity index (χ0n) is 11.7. The first kappa shape index (κ1) is 14.6. The minimum atomic E-state index is -0.140. The monoisotopic (exact) mass is 324 g/mol. The first-order chi connectivity index (χ1) is 10.1. The highest BCUT2D eigenvalue weighted by Gasteiger charge is 2.44. The first-order valence-corrected chi connectivity index (χ1v) is 8.76. The Kier molecular flexibility index (Phi) is 4.03. The van der Waals surface area contributed by atoms with Gasteiger partial charge in [-0.15, -0.1) is 11.3 Å². The summed E-state index contributed by atoms with van der Waals surface area (Å²) in [6.45, 7) is 0. The van der Waals surface area contributed by atoms with Crippen LogP contribution in [0.4, 0.5) is 0 Å². The lowest BCUT2D eigenvalue weighted by Crippen LogP contribution is -2.14. The van der Waals surface area contributed by atoms with Crippen LogP contribution in [0.1, 0.15) is 25.1 Å². The van der Waals surface area contributed by atoms with E-state index in [1.165, 1.54) is 18.4 Å². The van der Waals surface area contributed by atoms with Gasteiger partial charge in [-0.05, 0) is 35.5 Å². The Bertz CT molecular complexity index is 718. The van der Waals surface area contributed by atoms with Crippen molar-refractivity contribution in [2.75, 3.05) is 12.9 Å². The maximum absolute atomic E-state index is 11.9. The number of thiophene rings is 1. The van der Waals surface area contributed by atoms with Crippen LogP contribution >= 0.6 is 23.1 Å². The molecule has 0 aromatic carbocycles. The standard InChI is InChI=1S/C14H16N2O3S2/c1-19-11(17)6-14(3-4-14)8-20-7-10-15-9-2-5-21-12(9)13(18)16-10/h2,5H,3-4,6-8H2,1H3,(H,15,16,18). The largest absolute Gasteiger partial charge is 0.469 e. The molecule has 1 N–H and O–H groups in total. The Labute approximate surface area is 130 Å². The summed E-state index contributed by atoms with van der Waals surface area (Å²) in [5, 5.41) is 1.87. The van der Waals surface area contributed by atoms with Gasteiger partial charge in [-0.25, -0.2) is 4.98 Å². The van der Waals surface area contributed by atoms with E-state index in [0.29, 0.717) is 22.7 Å². The van der Waals surface area contributed by atoms with Crippen LogP contribution in [0.15, 0.2) is 16.2 Å². The number of hydrogen-bond acceptors (Lipinski definition) is 6. The van der Waals surface area contributed by atoms with Gasteiger partial charge in [-0.3, -0.25) is 9.59 Å². The number of carbonyl (C=O) groups excluding carboxylic acids is 1. The molecule has 1 fully saturated rings. The van der Waals surface area contributed by atoms with E-state index >= 15 is 0 Å². The van der Waals surface area contributed by atoms with Crippen LogP contribution in [-0.4, -0.2) is 28.8 Å². The van der Waals surface area contributed by atoms with E-state index in [1.54, 1.807) is 11.8 Å². The minimum absolute atomic E-state index is 0.0682. The third-order valence-corrected chi connectivity index (χ3v) is 5.91. The van der Waals surface area contributed by atoms with Crippen molar-refractivity contribution in [3.8, 4) is 0 Å². The van der Waals surface area contributed by atoms with Gasteiger partial charge in [0.2, 0.25) is 0 Å². The summed E-state index contributed by atoms with van der Waals surface area (Å²) in [4.78, 5) is 30.5. The molecule has 0 unspecified atom stereocenters. The number of esters is 1. The van der Waals surface area contributed by atoms with E-state index < -0.39 is 0 Å². The topological polar surface area (TPSA) is 72.0 Å². The molecular weight excluding hydrogens is 308 g/mol. The molecule has 0 radical (unpaired) electrons. The average molecular weight is 324 g/mol. The Hall–Kier alpha value is -1.34. The molecule has 0 aliphatic heterocycles. The number of carbonyl (C=O) groups is 1. The van der Waals surface area contributed by atoms with Gasteiger partial charge < -0.3 is 9.72 Å². The summed E-state index contributed by atoms with van der Waals surface area (Å²) in [5.41, 5.74) is 0.793. The first-order valence-electron chi connectivity index (χ1n) is 6.73. The van der Waals surface area contributed by atoms with Crippen LogP contribution in [0.25, 0.3) is 10.2 Å². The van der Waals surface area contributed by atoms with Gasteiger partial charge in [0.15, 0.2) is 0 Å². The molecule has 0 bridgehead atoms. The van der Waals surface area contributed by atoms with E-state index in [4.69, 9.17) is 4.74 Å². The molecule has 112 valence electrons. The molecule has 2 heterocycles. The van der Waals surface area contributed by atoms with Gasteiger partial charge in [-0.1, -0.05) is 0 Å². The zero-order chi connectivity index (χ0) is 14.9. The molecule has 0 atom stereocenters. The summed E-state index contributed by atoms with van der Waals surface area (Å²) in [7, 11) is 1.43. The van der Waals surface area contributed by atoms with Gasteiger partial charge in [0.25, 0.3) is 5.56 Å². The zero-order valence-corrected chi connectivity index (χ0v) is 13.3. The number of H-pyrrole nitrogens is 1. The van der Waals surface area contributed by atoms with Gasteiger partial charge >= 0.3 is 5.97 Å². The number of nitrogens with one attached hydrogen (secondary N) is 1. The van der Waals surface area contributed by atoms with Crippen molar-refractivity contribution in [3.05, 3.63) is 27.6 Å². The van der Waals surface area contributed by atoms with Crippen LogP contribution in [-0.2, 0) is 15.3 Å². The maximum Gasteiger partial charge on any atom is 0.306 e. The second kappa shape index (κ2) is 5.81. The normalized spacial score (nSPS) is 16.0. The number of methoxy groups -OCH3 is 1. The molecule has 1 aliphatic carbocycles. The molecular formula is C14H16N2O3S2. The van der Waals surface area contributed by atoms with Crippen LogP contribution in [0.2, 0.25) is 0 Å². The van der Waals surface area contributed by atoms with Crippen molar-refractivity contribution in [1.82, 2.24) is 9.97 Å². The third-order valence-electron chi connectivity index (χ3n) is 3.72. The number of hydrogen-bond donors (Lipinski definition) is 1. The fourth-order valence-corrected chi connectivity index (χ4v) is 4.26. The van der Waals surface area contributed by atoms with Crippen LogP contribution < -0.4 is 5.56 Å². The molecule has 0 saturated heterocycles. The Morgan fingerprint density at radius 1 is 1.57 bits per heavy atom. The maximum atomic E-state index is 11.9. The van der Waals surface area contributed by atoms with E-state index in [2.05, 4.69) is 9.97 Å². The summed E-state index contributed by atoms with van der Waals surface area (Å²) >= 11 is 3.12. The van der Waals surface area contributed by atoms with Crippen molar-refractivity contribution in [3.63, 3.8) is 0 Å². The van der Waals surface area contributed by atoms with E-state index in [1.807, 2.05) is 11.4 Å². The van der Waals surface area contributed by atoms with Gasteiger partial charge in [0.05, 0.1) is 24.8 Å². The van der Waals surface area contributed by atoms with Crippen molar-refractivity contribution in [2.24, 2.45) is 5.41 Å². The van der Waals surface area contributed by atoms with Crippen LogP contribution in [0.5, 0.6) is 0 Å². The lowest BCUT2D eigenvalue weighted by atomic mass is 10.1. The summed E-state index contributed by atoms with van der Waals surface area (Å²) < 4.78 is 5.41. The molecule has 2 aromatic heterocycles. The molecule has 21 heavy (non-hydrogen) atoms. The molecule has 3 rings (SSSR count). The predicted octanol–water partition coefficient (Wildman–Crippen LogP) is 2.56. The van der Waals surface area contributed by atoms with E-state index in [0.717, 1.165) is 24.1 Å². The molecule has 5 nitrogen and oxygen atoms in total. The SMILES string of the molecule is COC(=O)CC1(CSCc2nc3ccsc3c(=O)[nH]2)CC1. The number of aromatic nitrogens is 2. The smallest absolute Gasteiger partial charge is 0.306 e. The van der Waals surface area contributed by atoms with Crippen LogP contribution in [0, 0.1) is 5.41 Å². The van der Waals surface area contributed by atoms with Crippen molar-refractivity contribution in [1.29, 1.82) is 0 Å². The number of fused-ring (bicyclic) bond motifs is 1. The number of ether oxygens (including phenoxy) is 1. The van der Waals surface area contributed by atoms with Crippen molar-refractivity contribution in [2.45, 2.75) is 25.0 Å². The van der Waals surface area contributed by atoms with Gasteiger partial charge in [-0.2, -0.15) is 11.8 Å². The summed E-state index contributed by atoms with van der Waals surface area (Å²) in [6, 6.07) is 1.86. The minimum Gasteiger partial charge on any atom is -0.469 e. The van der Waals surface area contributed by atoms with Crippen molar-refractivity contribution >= 4 is 39.3 Å². The predicted molar refractivity (Wildman–Crippen MR) is 84.7 cm³/mol. The molecule has 7 heteroatoms. The third kappa shape index (κ3) is 3.29. The molecule has 0 spiro atoms. The Morgan fingerprint density at radius 3 is 3.10 bits per heavy atom. The Balaban J connectivity index is 1.59. The van der Waals surface area contributed by atoms with E-state index in [-0.39, 0.29) is 16.9 Å². The van der Waals surface area contributed by atoms with Gasteiger partial charge in [0, 0.05) is 0 Å². The fraction of sp³-hybridized carbons (Fsp3) is 0.500. The average Bonchev–Trinajstić information content (AvgIpc) is 3.03. The molecule has 1 saturated carbocycles. The number of aromatic amines is 1. The number of rotatable bonds is 6. The molecule has 0 amide bonds.